The molecule has 4 rings (SSSR count). The molecule has 7 heteroatoms. The molecule has 0 aliphatic heterocycles. The summed E-state index contributed by atoms with van der Waals surface area (Å²) in [5.74, 6) is -1.22. The van der Waals surface area contributed by atoms with Crippen LogP contribution in [0.3, 0.4) is 0 Å². The minimum atomic E-state index is -0.477. The fourth-order valence-electron chi connectivity index (χ4n) is 3.03. The first-order chi connectivity index (χ1) is 13.5. The quantitative estimate of drug-likeness (QED) is 0.469. The van der Waals surface area contributed by atoms with Crippen LogP contribution in [0.15, 0.2) is 60.7 Å². The predicted octanol–water partition coefficient (Wildman–Crippen LogP) is 4.02. The van der Waals surface area contributed by atoms with Crippen LogP contribution in [0.1, 0.15) is 15.9 Å². The zero-order chi connectivity index (χ0) is 19.7. The van der Waals surface area contributed by atoms with Crippen molar-refractivity contribution in [2.45, 2.75) is 6.54 Å². The molecule has 0 aliphatic carbocycles. The van der Waals surface area contributed by atoms with Crippen molar-refractivity contribution in [3.05, 3.63) is 83.4 Å². The van der Waals surface area contributed by atoms with Crippen molar-refractivity contribution in [1.82, 2.24) is 15.5 Å². The summed E-state index contributed by atoms with van der Waals surface area (Å²) >= 11 is 0. The lowest BCUT2D eigenvalue weighted by atomic mass is 10.0. The maximum Gasteiger partial charge on any atom is 0.251 e. The van der Waals surface area contributed by atoms with E-state index in [0.29, 0.717) is 39.0 Å². The molecule has 0 atom stereocenters. The van der Waals surface area contributed by atoms with Gasteiger partial charge in [0.25, 0.3) is 5.91 Å². The van der Waals surface area contributed by atoms with Gasteiger partial charge in [-0.2, -0.15) is 5.10 Å². The van der Waals surface area contributed by atoms with Crippen LogP contribution < -0.4 is 11.1 Å². The van der Waals surface area contributed by atoms with E-state index in [-0.39, 0.29) is 18.3 Å². The molecule has 0 aliphatic rings. The van der Waals surface area contributed by atoms with E-state index in [1.807, 2.05) is 0 Å². The number of carbonyl (C=O) groups is 1. The number of nitrogens with zero attached hydrogens (tertiary/aromatic N) is 1. The highest BCUT2D eigenvalue weighted by Crippen LogP contribution is 2.28. The van der Waals surface area contributed by atoms with Crippen LogP contribution in [-0.2, 0) is 6.54 Å². The Morgan fingerprint density at radius 3 is 2.68 bits per heavy atom. The second kappa shape index (κ2) is 7.11. The largest absolute Gasteiger partial charge is 0.399 e. The number of nitrogens with two attached hydrogens (primary N) is 1. The van der Waals surface area contributed by atoms with E-state index in [1.165, 1.54) is 18.2 Å². The number of fused-ring (bicyclic) bond motifs is 1. The molecule has 140 valence electrons. The lowest BCUT2D eigenvalue weighted by Gasteiger charge is -2.08. The average molecular weight is 378 g/mol. The van der Waals surface area contributed by atoms with Gasteiger partial charge in [-0.15, -0.1) is 0 Å². The van der Waals surface area contributed by atoms with Crippen LogP contribution in [0.5, 0.6) is 0 Å². The molecule has 0 radical (unpaired) electrons. The lowest BCUT2D eigenvalue weighted by molar-refractivity contribution is 0.0950. The maximum atomic E-state index is 14.4. The number of hydrogen-bond acceptors (Lipinski definition) is 3. The van der Waals surface area contributed by atoms with Crippen LogP contribution in [0.4, 0.5) is 14.5 Å². The minimum absolute atomic E-state index is 0.0107. The average Bonchev–Trinajstić information content (AvgIpc) is 3.08. The Morgan fingerprint density at radius 2 is 1.89 bits per heavy atom. The van der Waals surface area contributed by atoms with Crippen molar-refractivity contribution in [3.63, 3.8) is 0 Å². The number of nitrogens with one attached hydrogen (secondary N) is 2. The van der Waals surface area contributed by atoms with Gasteiger partial charge in [-0.1, -0.05) is 18.2 Å². The first-order valence-electron chi connectivity index (χ1n) is 8.57. The van der Waals surface area contributed by atoms with E-state index in [9.17, 15) is 13.6 Å². The van der Waals surface area contributed by atoms with E-state index in [1.54, 1.807) is 42.5 Å². The van der Waals surface area contributed by atoms with Gasteiger partial charge in [0.2, 0.25) is 0 Å². The van der Waals surface area contributed by atoms with E-state index in [2.05, 4.69) is 15.5 Å². The molecule has 1 aromatic heterocycles. The van der Waals surface area contributed by atoms with Crippen molar-refractivity contribution < 1.29 is 13.6 Å². The highest BCUT2D eigenvalue weighted by molar-refractivity contribution is 5.95. The van der Waals surface area contributed by atoms with E-state index in [4.69, 9.17) is 5.73 Å². The van der Waals surface area contributed by atoms with E-state index >= 15 is 0 Å². The Labute approximate surface area is 159 Å². The number of halogens is 2. The highest BCUT2D eigenvalue weighted by Gasteiger charge is 2.14. The summed E-state index contributed by atoms with van der Waals surface area (Å²) in [5, 5.41) is 10.3. The third kappa shape index (κ3) is 3.42. The number of H-pyrrole nitrogens is 1. The van der Waals surface area contributed by atoms with Gasteiger partial charge in [0.1, 0.15) is 17.3 Å². The number of amides is 1. The van der Waals surface area contributed by atoms with Crippen molar-refractivity contribution in [3.8, 4) is 11.3 Å². The molecule has 3 aromatic carbocycles. The van der Waals surface area contributed by atoms with Gasteiger partial charge < -0.3 is 11.1 Å². The van der Waals surface area contributed by atoms with Crippen LogP contribution in [0, 0.1) is 11.6 Å². The molecular formula is C21H16F2N4O. The number of rotatable bonds is 4. The third-order valence-electron chi connectivity index (χ3n) is 4.42. The van der Waals surface area contributed by atoms with Crippen molar-refractivity contribution in [2.24, 2.45) is 0 Å². The molecule has 0 fully saturated rings. The normalized spacial score (nSPS) is 10.9. The number of benzene rings is 3. The number of aromatic amines is 1. The molecule has 0 saturated heterocycles. The van der Waals surface area contributed by atoms with Crippen molar-refractivity contribution in [2.75, 3.05) is 5.73 Å². The molecule has 0 spiro atoms. The second-order valence-electron chi connectivity index (χ2n) is 6.38. The molecule has 4 aromatic rings. The minimum Gasteiger partial charge on any atom is -0.399 e. The molecule has 0 bridgehead atoms. The summed E-state index contributed by atoms with van der Waals surface area (Å²) < 4.78 is 28.0. The molecule has 4 N–H and O–H groups in total. The van der Waals surface area contributed by atoms with Gasteiger partial charge in [0.05, 0.1) is 5.52 Å². The maximum absolute atomic E-state index is 14.4. The molecule has 5 nitrogen and oxygen atoms in total. The van der Waals surface area contributed by atoms with Gasteiger partial charge in [0, 0.05) is 34.3 Å². The van der Waals surface area contributed by atoms with Crippen LogP contribution in [-0.4, -0.2) is 16.1 Å². The summed E-state index contributed by atoms with van der Waals surface area (Å²) in [7, 11) is 0. The Hall–Kier alpha value is -3.74. The van der Waals surface area contributed by atoms with Gasteiger partial charge in [-0.3, -0.25) is 9.89 Å². The Bertz CT molecular complexity index is 1190. The number of anilines is 1. The zero-order valence-electron chi connectivity index (χ0n) is 14.7. The van der Waals surface area contributed by atoms with Crippen LogP contribution in [0.2, 0.25) is 0 Å². The van der Waals surface area contributed by atoms with Crippen LogP contribution in [0.25, 0.3) is 22.2 Å². The molecule has 28 heavy (non-hydrogen) atoms. The summed E-state index contributed by atoms with van der Waals surface area (Å²) in [4.78, 5) is 12.3. The number of aromatic nitrogens is 2. The second-order valence-corrected chi connectivity index (χ2v) is 6.38. The van der Waals surface area contributed by atoms with Gasteiger partial charge in [0.15, 0.2) is 0 Å². The van der Waals surface area contributed by atoms with E-state index in [0.717, 1.165) is 0 Å². The Balaban J connectivity index is 1.63. The molecular weight excluding hydrogens is 362 g/mol. The summed E-state index contributed by atoms with van der Waals surface area (Å²) in [6.07, 6.45) is 0. The molecule has 0 saturated carbocycles. The fraction of sp³-hybridized carbons (Fsp3) is 0.0476. The SMILES string of the molecule is Nc1cccc(C(=O)NCc2cc3c(-c4cccc(F)c4)n[nH]c3cc2F)c1. The first kappa shape index (κ1) is 17.7. The number of carbonyl (C=O) groups excluding carboxylic acids is 1. The van der Waals surface area contributed by atoms with Crippen molar-refractivity contribution in [1.29, 1.82) is 0 Å². The summed E-state index contributed by atoms with van der Waals surface area (Å²) in [6, 6.07) is 15.5. The van der Waals surface area contributed by atoms with E-state index < -0.39 is 5.82 Å². The molecule has 1 heterocycles. The van der Waals surface area contributed by atoms with Crippen LogP contribution >= 0.6 is 0 Å². The Kier molecular flexibility index (Phi) is 4.49. The predicted molar refractivity (Wildman–Crippen MR) is 103 cm³/mol. The summed E-state index contributed by atoms with van der Waals surface area (Å²) in [6.45, 7) is -0.0107. The monoisotopic (exact) mass is 378 g/mol. The number of hydrogen-bond donors (Lipinski definition) is 3. The number of nitrogen functional groups attached to an aromatic ring is 1. The fourth-order valence-corrected chi connectivity index (χ4v) is 3.03. The lowest BCUT2D eigenvalue weighted by Crippen LogP contribution is -2.23. The standard InChI is InChI=1S/C21H16F2N4O/c22-15-5-1-3-12(7-15)20-17-9-14(18(23)10-19(17)26-27-20)11-25-21(28)13-4-2-6-16(24)8-13/h1-10H,11,24H2,(H,25,28)(H,26,27). The molecule has 1 amide bonds. The first-order valence-corrected chi connectivity index (χ1v) is 8.57. The van der Waals surface area contributed by atoms with Gasteiger partial charge >= 0.3 is 0 Å². The van der Waals surface area contributed by atoms with Gasteiger partial charge in [-0.05, 0) is 42.5 Å². The third-order valence-corrected chi connectivity index (χ3v) is 4.42. The zero-order valence-corrected chi connectivity index (χ0v) is 14.7. The highest BCUT2D eigenvalue weighted by atomic mass is 19.1. The van der Waals surface area contributed by atoms with Crippen molar-refractivity contribution >= 4 is 22.5 Å². The Morgan fingerprint density at radius 1 is 1.07 bits per heavy atom. The smallest absolute Gasteiger partial charge is 0.251 e. The topological polar surface area (TPSA) is 83.8 Å². The summed E-state index contributed by atoms with van der Waals surface area (Å²) in [5.41, 5.74) is 8.42. The molecule has 0 unspecified atom stereocenters. The van der Waals surface area contributed by atoms with Gasteiger partial charge in [-0.25, -0.2) is 8.78 Å².